The van der Waals surface area contributed by atoms with Crippen molar-refractivity contribution >= 4 is 11.7 Å². The van der Waals surface area contributed by atoms with E-state index >= 15 is 0 Å². The summed E-state index contributed by atoms with van der Waals surface area (Å²) in [5.41, 5.74) is 1.96. The molecule has 0 bridgehead atoms. The number of carbonyl (C=O) groups excluding carboxylic acids is 2. The topological polar surface area (TPSA) is 53.8 Å². The van der Waals surface area contributed by atoms with E-state index in [0.717, 1.165) is 48.6 Å². The number of nitrogens with zero attached hydrogens (tertiary/aromatic N) is 2. The normalized spacial score (nSPS) is 15.7. The molecule has 27 heavy (non-hydrogen) atoms. The highest BCUT2D eigenvalue weighted by atomic mass is 16.3. The Morgan fingerprint density at radius 2 is 1.74 bits per heavy atom. The number of benzene rings is 1. The summed E-state index contributed by atoms with van der Waals surface area (Å²) in [5.74, 6) is 2.01. The van der Waals surface area contributed by atoms with E-state index in [1.54, 1.807) is 11.9 Å². The summed E-state index contributed by atoms with van der Waals surface area (Å²) < 4.78 is 5.54. The number of hydrogen-bond acceptors (Lipinski definition) is 4. The molecule has 0 aliphatic carbocycles. The van der Waals surface area contributed by atoms with Gasteiger partial charge in [0.1, 0.15) is 11.5 Å². The number of likely N-dealkylation sites (N-methyl/N-ethyl adjacent to an activating group) is 1. The van der Waals surface area contributed by atoms with Crippen molar-refractivity contribution in [1.29, 1.82) is 0 Å². The minimum Gasteiger partial charge on any atom is -0.464 e. The van der Waals surface area contributed by atoms with Gasteiger partial charge in [0.15, 0.2) is 5.78 Å². The Bertz CT molecular complexity index is 786. The maximum atomic E-state index is 12.6. The van der Waals surface area contributed by atoms with Gasteiger partial charge in [-0.3, -0.25) is 14.5 Å². The SMILES string of the molecule is Cc1ccc(C(=O)C2CCN(CC(=O)N(C)Cc3ccc(C)o3)CC2)cc1. The second kappa shape index (κ2) is 8.53. The van der Waals surface area contributed by atoms with Gasteiger partial charge in [0.05, 0.1) is 13.1 Å². The Morgan fingerprint density at radius 1 is 1.07 bits per heavy atom. The van der Waals surface area contributed by atoms with Crippen molar-refractivity contribution in [3.63, 3.8) is 0 Å². The monoisotopic (exact) mass is 368 g/mol. The fourth-order valence-corrected chi connectivity index (χ4v) is 3.51. The second-order valence-corrected chi connectivity index (χ2v) is 7.54. The van der Waals surface area contributed by atoms with Gasteiger partial charge in [0, 0.05) is 18.5 Å². The number of likely N-dealkylation sites (tertiary alicyclic amines) is 1. The summed E-state index contributed by atoms with van der Waals surface area (Å²) in [7, 11) is 1.80. The molecule has 0 radical (unpaired) electrons. The Labute approximate surface area is 160 Å². The molecule has 5 nitrogen and oxygen atoms in total. The lowest BCUT2D eigenvalue weighted by Crippen LogP contribution is -2.43. The molecule has 2 aromatic rings. The van der Waals surface area contributed by atoms with Crippen molar-refractivity contribution in [2.75, 3.05) is 26.7 Å². The van der Waals surface area contributed by atoms with Crippen LogP contribution in [0.4, 0.5) is 0 Å². The van der Waals surface area contributed by atoms with E-state index < -0.39 is 0 Å². The number of ketones is 1. The first-order valence-electron chi connectivity index (χ1n) is 9.55. The first-order chi connectivity index (χ1) is 12.9. The number of piperidine rings is 1. The molecule has 0 atom stereocenters. The van der Waals surface area contributed by atoms with Crippen LogP contribution in [0, 0.1) is 19.8 Å². The van der Waals surface area contributed by atoms with Crippen LogP contribution in [0.1, 0.15) is 40.3 Å². The highest BCUT2D eigenvalue weighted by Gasteiger charge is 2.27. The Balaban J connectivity index is 1.46. The standard InChI is InChI=1S/C22H28N2O3/c1-16-4-7-18(8-5-16)22(26)19-10-12-24(13-11-19)15-21(25)23(3)14-20-9-6-17(2)27-20/h4-9,19H,10-15H2,1-3H3. The average Bonchev–Trinajstić information content (AvgIpc) is 3.07. The number of Topliss-reactive ketones (excluding diaryl/α,β-unsaturated/α-hetero) is 1. The Kier molecular flexibility index (Phi) is 6.11. The van der Waals surface area contributed by atoms with Crippen molar-refractivity contribution in [2.24, 2.45) is 5.92 Å². The molecular formula is C22H28N2O3. The number of rotatable bonds is 6. The molecule has 0 saturated carbocycles. The molecule has 1 aliphatic rings. The second-order valence-electron chi connectivity index (χ2n) is 7.54. The lowest BCUT2D eigenvalue weighted by atomic mass is 9.88. The van der Waals surface area contributed by atoms with E-state index in [2.05, 4.69) is 4.90 Å². The third kappa shape index (κ3) is 5.07. The molecule has 1 aromatic carbocycles. The molecule has 0 N–H and O–H groups in total. The minimum absolute atomic E-state index is 0.0582. The Hall–Kier alpha value is -2.40. The summed E-state index contributed by atoms with van der Waals surface area (Å²) in [6.07, 6.45) is 1.61. The molecule has 0 spiro atoms. The molecule has 1 fully saturated rings. The van der Waals surface area contributed by atoms with Crippen molar-refractivity contribution in [3.05, 3.63) is 59.0 Å². The van der Waals surface area contributed by atoms with Crippen LogP contribution in [-0.4, -0.2) is 48.2 Å². The molecule has 3 rings (SSSR count). The summed E-state index contributed by atoms with van der Waals surface area (Å²) in [4.78, 5) is 29.0. The smallest absolute Gasteiger partial charge is 0.236 e. The van der Waals surface area contributed by atoms with E-state index in [1.165, 1.54) is 0 Å². The van der Waals surface area contributed by atoms with Gasteiger partial charge in [-0.1, -0.05) is 29.8 Å². The van der Waals surface area contributed by atoms with Crippen LogP contribution in [0.15, 0.2) is 40.8 Å². The van der Waals surface area contributed by atoms with Gasteiger partial charge in [0.2, 0.25) is 5.91 Å². The number of hydrogen-bond donors (Lipinski definition) is 0. The highest BCUT2D eigenvalue weighted by Crippen LogP contribution is 2.22. The zero-order valence-corrected chi connectivity index (χ0v) is 16.4. The first kappa shape index (κ1) is 19.4. The summed E-state index contributed by atoms with van der Waals surface area (Å²) in [6.45, 7) is 6.35. The first-order valence-corrected chi connectivity index (χ1v) is 9.55. The van der Waals surface area contributed by atoms with Crippen molar-refractivity contribution in [2.45, 2.75) is 33.2 Å². The summed E-state index contributed by atoms with van der Waals surface area (Å²) in [6, 6.07) is 11.6. The van der Waals surface area contributed by atoms with Gasteiger partial charge in [-0.2, -0.15) is 0 Å². The van der Waals surface area contributed by atoms with Gasteiger partial charge in [-0.05, 0) is 51.9 Å². The molecule has 1 aliphatic heterocycles. The molecule has 1 amide bonds. The maximum absolute atomic E-state index is 12.6. The van der Waals surface area contributed by atoms with Crippen LogP contribution in [0.25, 0.3) is 0 Å². The number of aryl methyl sites for hydroxylation is 2. The molecule has 1 saturated heterocycles. The van der Waals surface area contributed by atoms with Gasteiger partial charge in [-0.15, -0.1) is 0 Å². The Morgan fingerprint density at radius 3 is 2.33 bits per heavy atom. The van der Waals surface area contributed by atoms with Crippen LogP contribution in [0.5, 0.6) is 0 Å². The van der Waals surface area contributed by atoms with Crippen LogP contribution >= 0.6 is 0 Å². The predicted octanol–water partition coefficient (Wildman–Crippen LogP) is 3.45. The number of amides is 1. The van der Waals surface area contributed by atoms with E-state index in [-0.39, 0.29) is 17.6 Å². The molecule has 144 valence electrons. The lowest BCUT2D eigenvalue weighted by molar-refractivity contribution is -0.132. The quantitative estimate of drug-likeness (QED) is 0.733. The van der Waals surface area contributed by atoms with E-state index in [9.17, 15) is 9.59 Å². The zero-order chi connectivity index (χ0) is 19.4. The van der Waals surface area contributed by atoms with Crippen molar-refractivity contribution in [1.82, 2.24) is 9.80 Å². The molecule has 1 aromatic heterocycles. The van der Waals surface area contributed by atoms with Crippen LogP contribution in [-0.2, 0) is 11.3 Å². The number of furan rings is 1. The fourth-order valence-electron chi connectivity index (χ4n) is 3.51. The van der Waals surface area contributed by atoms with Crippen LogP contribution in [0.3, 0.4) is 0 Å². The van der Waals surface area contributed by atoms with Crippen molar-refractivity contribution < 1.29 is 14.0 Å². The van der Waals surface area contributed by atoms with E-state index in [4.69, 9.17) is 4.42 Å². The largest absolute Gasteiger partial charge is 0.464 e. The number of carbonyl (C=O) groups is 2. The lowest BCUT2D eigenvalue weighted by Gasteiger charge is -2.31. The molecule has 2 heterocycles. The van der Waals surface area contributed by atoms with Gasteiger partial charge < -0.3 is 9.32 Å². The third-order valence-electron chi connectivity index (χ3n) is 5.27. The van der Waals surface area contributed by atoms with Crippen LogP contribution in [0.2, 0.25) is 0 Å². The third-order valence-corrected chi connectivity index (χ3v) is 5.27. The maximum Gasteiger partial charge on any atom is 0.236 e. The van der Waals surface area contributed by atoms with Crippen LogP contribution < -0.4 is 0 Å². The predicted molar refractivity (Wildman–Crippen MR) is 105 cm³/mol. The minimum atomic E-state index is 0.0582. The van der Waals surface area contributed by atoms with E-state index in [1.807, 2.05) is 50.2 Å². The van der Waals surface area contributed by atoms with Gasteiger partial charge in [0.25, 0.3) is 0 Å². The van der Waals surface area contributed by atoms with Gasteiger partial charge >= 0.3 is 0 Å². The highest BCUT2D eigenvalue weighted by molar-refractivity contribution is 5.97. The summed E-state index contributed by atoms with van der Waals surface area (Å²) >= 11 is 0. The molecule has 5 heteroatoms. The molecule has 0 unspecified atom stereocenters. The average molecular weight is 368 g/mol. The summed E-state index contributed by atoms with van der Waals surface area (Å²) in [5, 5.41) is 0. The van der Waals surface area contributed by atoms with Gasteiger partial charge in [-0.25, -0.2) is 0 Å². The fraction of sp³-hybridized carbons (Fsp3) is 0.455. The van der Waals surface area contributed by atoms with Crippen molar-refractivity contribution in [3.8, 4) is 0 Å². The zero-order valence-electron chi connectivity index (χ0n) is 16.4. The molecular weight excluding hydrogens is 340 g/mol. The van der Waals surface area contributed by atoms with E-state index in [0.29, 0.717) is 13.1 Å².